The zero-order valence-corrected chi connectivity index (χ0v) is 11.9. The van der Waals surface area contributed by atoms with Crippen molar-refractivity contribution < 1.29 is 0 Å². The molecule has 1 aliphatic heterocycles. The molecule has 0 aromatic heterocycles. The molecular formula is C14H21BrN2. The van der Waals surface area contributed by atoms with Crippen LogP contribution >= 0.6 is 15.9 Å². The van der Waals surface area contributed by atoms with Gasteiger partial charge in [-0.3, -0.25) is 0 Å². The first-order valence-electron chi connectivity index (χ1n) is 6.51. The third kappa shape index (κ3) is 4.00. The molecule has 1 fully saturated rings. The highest BCUT2D eigenvalue weighted by molar-refractivity contribution is 9.09. The van der Waals surface area contributed by atoms with Gasteiger partial charge >= 0.3 is 0 Å². The molecular weight excluding hydrogens is 276 g/mol. The van der Waals surface area contributed by atoms with Gasteiger partial charge < -0.3 is 10.2 Å². The molecule has 17 heavy (non-hydrogen) atoms. The maximum absolute atomic E-state index is 3.47. The maximum Gasteiger partial charge on any atom is 0.0367 e. The SMILES string of the molecule is BrCCCCc1ccc(N2CCNCC2)cc1. The van der Waals surface area contributed by atoms with Gasteiger partial charge in [0.25, 0.3) is 0 Å². The molecule has 0 radical (unpaired) electrons. The van der Waals surface area contributed by atoms with Crippen LogP contribution < -0.4 is 10.2 Å². The number of piperazine rings is 1. The van der Waals surface area contributed by atoms with Gasteiger partial charge in [-0.2, -0.15) is 0 Å². The third-order valence-electron chi connectivity index (χ3n) is 3.27. The van der Waals surface area contributed by atoms with Crippen LogP contribution in [0.15, 0.2) is 24.3 Å². The average molecular weight is 297 g/mol. The Morgan fingerprint density at radius 2 is 1.76 bits per heavy atom. The Morgan fingerprint density at radius 1 is 1.06 bits per heavy atom. The summed E-state index contributed by atoms with van der Waals surface area (Å²) in [5, 5.41) is 4.50. The summed E-state index contributed by atoms with van der Waals surface area (Å²) in [6, 6.07) is 9.11. The first-order chi connectivity index (χ1) is 8.40. The quantitative estimate of drug-likeness (QED) is 0.664. The Labute approximate surface area is 113 Å². The molecule has 0 unspecified atom stereocenters. The second-order valence-electron chi connectivity index (χ2n) is 4.55. The van der Waals surface area contributed by atoms with E-state index in [1.165, 1.54) is 30.5 Å². The van der Waals surface area contributed by atoms with Gasteiger partial charge in [0.2, 0.25) is 0 Å². The number of hydrogen-bond acceptors (Lipinski definition) is 2. The molecule has 2 rings (SSSR count). The number of alkyl halides is 1. The van der Waals surface area contributed by atoms with E-state index >= 15 is 0 Å². The Morgan fingerprint density at radius 3 is 2.41 bits per heavy atom. The summed E-state index contributed by atoms with van der Waals surface area (Å²) < 4.78 is 0. The van der Waals surface area contributed by atoms with Crippen molar-refractivity contribution in [1.29, 1.82) is 0 Å². The lowest BCUT2D eigenvalue weighted by Crippen LogP contribution is -2.43. The molecule has 94 valence electrons. The summed E-state index contributed by atoms with van der Waals surface area (Å²) >= 11 is 3.47. The molecule has 1 aromatic rings. The number of anilines is 1. The van der Waals surface area contributed by atoms with Crippen LogP contribution in [0.3, 0.4) is 0 Å². The van der Waals surface area contributed by atoms with Crippen LogP contribution in [0, 0.1) is 0 Å². The predicted molar refractivity (Wildman–Crippen MR) is 78.3 cm³/mol. The first kappa shape index (κ1) is 12.9. The van der Waals surface area contributed by atoms with Crippen molar-refractivity contribution in [2.24, 2.45) is 0 Å². The van der Waals surface area contributed by atoms with Gasteiger partial charge in [0, 0.05) is 37.2 Å². The van der Waals surface area contributed by atoms with Crippen LogP contribution in [0.5, 0.6) is 0 Å². The molecule has 0 atom stereocenters. The highest BCUT2D eigenvalue weighted by atomic mass is 79.9. The van der Waals surface area contributed by atoms with E-state index in [-0.39, 0.29) is 0 Å². The largest absolute Gasteiger partial charge is 0.369 e. The van der Waals surface area contributed by atoms with Crippen LogP contribution in [0.1, 0.15) is 18.4 Å². The molecule has 2 nitrogen and oxygen atoms in total. The van der Waals surface area contributed by atoms with Crippen molar-refractivity contribution in [3.05, 3.63) is 29.8 Å². The van der Waals surface area contributed by atoms with E-state index in [0.717, 1.165) is 31.5 Å². The lowest BCUT2D eigenvalue weighted by atomic mass is 10.1. The Kier molecular flexibility index (Phi) is 5.33. The highest BCUT2D eigenvalue weighted by Gasteiger charge is 2.09. The number of hydrogen-bond donors (Lipinski definition) is 1. The summed E-state index contributed by atoms with van der Waals surface area (Å²) in [4.78, 5) is 2.46. The van der Waals surface area contributed by atoms with E-state index in [9.17, 15) is 0 Å². The van der Waals surface area contributed by atoms with Crippen LogP contribution in [0.25, 0.3) is 0 Å². The van der Waals surface area contributed by atoms with E-state index < -0.39 is 0 Å². The van der Waals surface area contributed by atoms with Gasteiger partial charge in [-0.25, -0.2) is 0 Å². The van der Waals surface area contributed by atoms with E-state index in [1.807, 2.05) is 0 Å². The normalized spacial score (nSPS) is 16.2. The summed E-state index contributed by atoms with van der Waals surface area (Å²) in [5.41, 5.74) is 2.83. The van der Waals surface area contributed by atoms with Crippen molar-refractivity contribution in [2.75, 3.05) is 36.4 Å². The van der Waals surface area contributed by atoms with Crippen molar-refractivity contribution >= 4 is 21.6 Å². The summed E-state index contributed by atoms with van der Waals surface area (Å²) in [5.74, 6) is 0. The topological polar surface area (TPSA) is 15.3 Å². The van der Waals surface area contributed by atoms with Crippen molar-refractivity contribution in [2.45, 2.75) is 19.3 Å². The number of rotatable bonds is 5. The molecule has 1 aromatic carbocycles. The monoisotopic (exact) mass is 296 g/mol. The standard InChI is InChI=1S/C14H21BrN2/c15-8-2-1-3-13-4-6-14(7-5-13)17-11-9-16-10-12-17/h4-7,16H,1-3,8-12H2. The van der Waals surface area contributed by atoms with Gasteiger partial charge in [-0.15, -0.1) is 0 Å². The molecule has 0 bridgehead atoms. The minimum absolute atomic E-state index is 1.10. The van der Waals surface area contributed by atoms with Gasteiger partial charge in [-0.1, -0.05) is 28.1 Å². The Bertz CT molecular complexity index is 317. The van der Waals surface area contributed by atoms with Crippen LogP contribution in [0.4, 0.5) is 5.69 Å². The molecule has 0 aliphatic carbocycles. The van der Waals surface area contributed by atoms with E-state index in [0.29, 0.717) is 0 Å². The number of halogens is 1. The molecule has 0 spiro atoms. The number of nitrogens with one attached hydrogen (secondary N) is 1. The average Bonchev–Trinajstić information content (AvgIpc) is 2.41. The van der Waals surface area contributed by atoms with Gasteiger partial charge in [-0.05, 0) is 37.0 Å². The third-order valence-corrected chi connectivity index (χ3v) is 3.83. The maximum atomic E-state index is 3.47. The number of benzene rings is 1. The molecule has 1 N–H and O–H groups in total. The van der Waals surface area contributed by atoms with Gasteiger partial charge in [0.05, 0.1) is 0 Å². The van der Waals surface area contributed by atoms with Crippen LogP contribution in [-0.4, -0.2) is 31.5 Å². The number of aryl methyl sites for hydroxylation is 1. The molecule has 3 heteroatoms. The summed E-state index contributed by atoms with van der Waals surface area (Å²) in [6.45, 7) is 4.46. The fraction of sp³-hybridized carbons (Fsp3) is 0.571. The molecule has 1 saturated heterocycles. The molecule has 0 amide bonds. The smallest absolute Gasteiger partial charge is 0.0367 e. The Hall–Kier alpha value is -0.540. The highest BCUT2D eigenvalue weighted by Crippen LogP contribution is 2.17. The fourth-order valence-electron chi connectivity index (χ4n) is 2.22. The lowest BCUT2D eigenvalue weighted by Gasteiger charge is -2.29. The zero-order chi connectivity index (χ0) is 11.9. The second kappa shape index (κ2) is 7.02. The Balaban J connectivity index is 1.88. The summed E-state index contributed by atoms with van der Waals surface area (Å²) in [6.07, 6.45) is 3.74. The fourth-order valence-corrected chi connectivity index (χ4v) is 2.62. The minimum atomic E-state index is 1.10. The summed E-state index contributed by atoms with van der Waals surface area (Å²) in [7, 11) is 0. The molecule has 0 saturated carbocycles. The number of nitrogens with zero attached hydrogens (tertiary/aromatic N) is 1. The van der Waals surface area contributed by atoms with E-state index in [4.69, 9.17) is 0 Å². The van der Waals surface area contributed by atoms with Gasteiger partial charge in [0.15, 0.2) is 0 Å². The van der Waals surface area contributed by atoms with Crippen molar-refractivity contribution in [1.82, 2.24) is 5.32 Å². The van der Waals surface area contributed by atoms with Crippen LogP contribution in [0.2, 0.25) is 0 Å². The van der Waals surface area contributed by atoms with Crippen LogP contribution in [-0.2, 0) is 6.42 Å². The second-order valence-corrected chi connectivity index (χ2v) is 5.34. The minimum Gasteiger partial charge on any atom is -0.369 e. The van der Waals surface area contributed by atoms with Crippen molar-refractivity contribution in [3.8, 4) is 0 Å². The predicted octanol–water partition coefficient (Wildman–Crippen LogP) is 2.81. The molecule has 1 aliphatic rings. The zero-order valence-electron chi connectivity index (χ0n) is 10.3. The number of unbranched alkanes of at least 4 members (excludes halogenated alkanes) is 1. The van der Waals surface area contributed by atoms with E-state index in [1.54, 1.807) is 0 Å². The van der Waals surface area contributed by atoms with Gasteiger partial charge in [0.1, 0.15) is 0 Å². The lowest BCUT2D eigenvalue weighted by molar-refractivity contribution is 0.589. The van der Waals surface area contributed by atoms with Crippen molar-refractivity contribution in [3.63, 3.8) is 0 Å². The first-order valence-corrected chi connectivity index (χ1v) is 7.63. The molecule has 1 heterocycles. The van der Waals surface area contributed by atoms with E-state index in [2.05, 4.69) is 50.4 Å².